The highest BCUT2D eigenvalue weighted by molar-refractivity contribution is 6.05. The number of carbonyl (C=O) groups excluding carboxylic acids is 2. The molecule has 0 aromatic heterocycles. The molecular weight excluding hydrogens is 256 g/mol. The summed E-state index contributed by atoms with van der Waals surface area (Å²) in [4.78, 5) is 26.0. The Hall–Kier alpha value is -0.940. The van der Waals surface area contributed by atoms with Crippen LogP contribution in [0, 0.1) is 0 Å². The smallest absolute Gasteiger partial charge is 0.247 e. The zero-order valence-corrected chi connectivity index (χ0v) is 12.4. The zero-order valence-electron chi connectivity index (χ0n) is 12.4. The highest BCUT2D eigenvalue weighted by atomic mass is 16.5. The molecule has 1 saturated heterocycles. The first-order valence-electron chi connectivity index (χ1n) is 7.82. The number of methoxy groups -OCH3 is 1. The largest absolute Gasteiger partial charge is 0.385 e. The van der Waals surface area contributed by atoms with E-state index in [2.05, 4.69) is 5.32 Å². The third-order valence-corrected chi connectivity index (χ3v) is 4.29. The number of unbranched alkanes of at least 4 members (excludes halogenated alkanes) is 1. The maximum Gasteiger partial charge on any atom is 0.247 e. The summed E-state index contributed by atoms with van der Waals surface area (Å²) in [6, 6.07) is -0.143. The van der Waals surface area contributed by atoms with E-state index in [0.717, 1.165) is 51.7 Å². The Kier molecular flexibility index (Phi) is 5.98. The minimum atomic E-state index is -0.299. The number of nitrogens with one attached hydrogen (secondary N) is 1. The number of rotatable bonds is 7. The fraction of sp³-hybridized carbons (Fsp3) is 0.867. The fourth-order valence-electron chi connectivity index (χ4n) is 3.18. The number of imide groups is 1. The Labute approximate surface area is 121 Å². The molecule has 0 aromatic rings. The second kappa shape index (κ2) is 7.74. The van der Waals surface area contributed by atoms with E-state index in [4.69, 9.17) is 4.74 Å². The van der Waals surface area contributed by atoms with Crippen molar-refractivity contribution >= 4 is 11.8 Å². The van der Waals surface area contributed by atoms with E-state index >= 15 is 0 Å². The lowest BCUT2D eigenvalue weighted by Crippen LogP contribution is -2.44. The first-order valence-corrected chi connectivity index (χ1v) is 7.82. The van der Waals surface area contributed by atoms with Gasteiger partial charge in [-0.15, -0.1) is 0 Å². The van der Waals surface area contributed by atoms with E-state index in [1.165, 1.54) is 6.42 Å². The van der Waals surface area contributed by atoms with Crippen molar-refractivity contribution in [2.75, 3.05) is 20.3 Å². The number of amides is 2. The van der Waals surface area contributed by atoms with Crippen LogP contribution in [-0.2, 0) is 14.3 Å². The minimum Gasteiger partial charge on any atom is -0.385 e. The van der Waals surface area contributed by atoms with Crippen LogP contribution < -0.4 is 5.32 Å². The van der Waals surface area contributed by atoms with E-state index in [0.29, 0.717) is 6.42 Å². The van der Waals surface area contributed by atoms with Gasteiger partial charge < -0.3 is 10.1 Å². The van der Waals surface area contributed by atoms with E-state index < -0.39 is 0 Å². The van der Waals surface area contributed by atoms with Crippen molar-refractivity contribution in [3.05, 3.63) is 0 Å². The van der Waals surface area contributed by atoms with Crippen LogP contribution in [0.5, 0.6) is 0 Å². The van der Waals surface area contributed by atoms with Gasteiger partial charge in [-0.05, 0) is 32.2 Å². The highest BCUT2D eigenvalue weighted by Crippen LogP contribution is 2.27. The topological polar surface area (TPSA) is 58.6 Å². The number of carbonyl (C=O) groups is 2. The van der Waals surface area contributed by atoms with Crippen LogP contribution in [0.4, 0.5) is 0 Å². The fourth-order valence-corrected chi connectivity index (χ4v) is 3.18. The number of nitrogens with zero attached hydrogens (tertiary/aromatic N) is 1. The average molecular weight is 282 g/mol. The molecule has 1 aliphatic carbocycles. The van der Waals surface area contributed by atoms with Crippen LogP contribution in [0.1, 0.15) is 51.4 Å². The SMILES string of the molecule is COCCCCNC1CC(=O)N(C2CCCCC2)C1=O. The Balaban J connectivity index is 1.78. The molecule has 5 heteroatoms. The van der Waals surface area contributed by atoms with Crippen LogP contribution in [0.2, 0.25) is 0 Å². The van der Waals surface area contributed by atoms with E-state index in [9.17, 15) is 9.59 Å². The van der Waals surface area contributed by atoms with Gasteiger partial charge in [-0.3, -0.25) is 14.5 Å². The maximum atomic E-state index is 12.4. The third kappa shape index (κ3) is 3.79. The van der Waals surface area contributed by atoms with Crippen molar-refractivity contribution in [3.63, 3.8) is 0 Å². The van der Waals surface area contributed by atoms with Crippen molar-refractivity contribution in [1.29, 1.82) is 0 Å². The van der Waals surface area contributed by atoms with Gasteiger partial charge in [0.15, 0.2) is 0 Å². The van der Waals surface area contributed by atoms with Crippen LogP contribution in [0.25, 0.3) is 0 Å². The lowest BCUT2D eigenvalue weighted by Gasteiger charge is -2.29. The Bertz CT molecular complexity index is 340. The van der Waals surface area contributed by atoms with Gasteiger partial charge >= 0.3 is 0 Å². The molecule has 114 valence electrons. The summed E-state index contributed by atoms with van der Waals surface area (Å²) in [5.41, 5.74) is 0. The zero-order chi connectivity index (χ0) is 14.4. The molecule has 1 saturated carbocycles. The first-order chi connectivity index (χ1) is 9.74. The lowest BCUT2D eigenvalue weighted by atomic mass is 9.94. The van der Waals surface area contributed by atoms with Crippen molar-refractivity contribution in [2.24, 2.45) is 0 Å². The second-order valence-electron chi connectivity index (χ2n) is 5.80. The van der Waals surface area contributed by atoms with Gasteiger partial charge in [0.25, 0.3) is 0 Å². The van der Waals surface area contributed by atoms with Crippen molar-refractivity contribution in [3.8, 4) is 0 Å². The average Bonchev–Trinajstić information content (AvgIpc) is 2.74. The molecule has 2 fully saturated rings. The summed E-state index contributed by atoms with van der Waals surface area (Å²) >= 11 is 0. The summed E-state index contributed by atoms with van der Waals surface area (Å²) in [6.07, 6.45) is 7.75. The molecule has 0 radical (unpaired) electrons. The molecule has 0 spiro atoms. The van der Waals surface area contributed by atoms with E-state index in [-0.39, 0.29) is 23.9 Å². The van der Waals surface area contributed by atoms with Gasteiger partial charge in [0.05, 0.1) is 12.5 Å². The minimum absolute atomic E-state index is 0.00589. The Morgan fingerprint density at radius 2 is 1.95 bits per heavy atom. The number of ether oxygens (including phenoxy) is 1. The summed E-state index contributed by atoms with van der Waals surface area (Å²) in [5, 5.41) is 3.22. The predicted octanol–water partition coefficient (Wildman–Crippen LogP) is 1.46. The Morgan fingerprint density at radius 3 is 2.65 bits per heavy atom. The molecule has 0 aromatic carbocycles. The van der Waals surface area contributed by atoms with Crippen LogP contribution in [0.3, 0.4) is 0 Å². The molecule has 1 atom stereocenters. The molecule has 2 aliphatic rings. The molecule has 0 bridgehead atoms. The molecule has 1 heterocycles. The van der Waals surface area contributed by atoms with Gasteiger partial charge in [0, 0.05) is 19.8 Å². The molecule has 2 rings (SSSR count). The quantitative estimate of drug-likeness (QED) is 0.567. The van der Waals surface area contributed by atoms with Crippen LogP contribution in [-0.4, -0.2) is 49.1 Å². The maximum absolute atomic E-state index is 12.4. The van der Waals surface area contributed by atoms with E-state index in [1.807, 2.05) is 0 Å². The summed E-state index contributed by atoms with van der Waals surface area (Å²) in [5.74, 6) is 0.00457. The van der Waals surface area contributed by atoms with E-state index in [1.54, 1.807) is 12.0 Å². The van der Waals surface area contributed by atoms with Gasteiger partial charge in [-0.1, -0.05) is 19.3 Å². The van der Waals surface area contributed by atoms with Crippen LogP contribution >= 0.6 is 0 Å². The molecule has 1 unspecified atom stereocenters. The lowest BCUT2D eigenvalue weighted by molar-refractivity contribution is -0.142. The summed E-state index contributed by atoms with van der Waals surface area (Å²) in [7, 11) is 1.69. The molecule has 2 amide bonds. The molecule has 1 N–H and O–H groups in total. The molecular formula is C15H26N2O3. The molecule has 1 aliphatic heterocycles. The Morgan fingerprint density at radius 1 is 1.20 bits per heavy atom. The van der Waals surface area contributed by atoms with Crippen molar-refractivity contribution in [1.82, 2.24) is 10.2 Å². The predicted molar refractivity (Wildman–Crippen MR) is 76.2 cm³/mol. The first kappa shape index (κ1) is 15.4. The summed E-state index contributed by atoms with van der Waals surface area (Å²) in [6.45, 7) is 1.51. The molecule has 5 nitrogen and oxygen atoms in total. The van der Waals surface area contributed by atoms with Gasteiger partial charge in [-0.2, -0.15) is 0 Å². The number of hydrogen-bond donors (Lipinski definition) is 1. The highest BCUT2D eigenvalue weighted by Gasteiger charge is 2.41. The van der Waals surface area contributed by atoms with Crippen molar-refractivity contribution in [2.45, 2.75) is 63.5 Å². The normalized spacial score (nSPS) is 24.6. The van der Waals surface area contributed by atoms with Gasteiger partial charge in [0.1, 0.15) is 0 Å². The number of hydrogen-bond acceptors (Lipinski definition) is 4. The monoisotopic (exact) mass is 282 g/mol. The second-order valence-corrected chi connectivity index (χ2v) is 5.80. The summed E-state index contributed by atoms with van der Waals surface area (Å²) < 4.78 is 4.99. The van der Waals surface area contributed by atoms with Crippen molar-refractivity contribution < 1.29 is 14.3 Å². The van der Waals surface area contributed by atoms with Gasteiger partial charge in [0.2, 0.25) is 11.8 Å². The third-order valence-electron chi connectivity index (χ3n) is 4.29. The number of likely N-dealkylation sites (tertiary alicyclic amines) is 1. The van der Waals surface area contributed by atoms with Gasteiger partial charge in [-0.25, -0.2) is 0 Å². The van der Waals surface area contributed by atoms with Crippen LogP contribution in [0.15, 0.2) is 0 Å². The molecule has 20 heavy (non-hydrogen) atoms. The standard InChI is InChI=1S/C15H26N2O3/c1-20-10-6-5-9-16-13-11-14(18)17(15(13)19)12-7-3-2-4-8-12/h12-13,16H,2-11H2,1H3.